The minimum Gasteiger partial charge on any atom is -0.495 e. The number of nitrogens with two attached hydrogens (primary N) is 1. The molecular formula is C18H30IN3O2. The molecule has 1 fully saturated rings. The Kier molecular flexibility index (Phi) is 8.29. The zero-order valence-corrected chi connectivity index (χ0v) is 17.4. The summed E-state index contributed by atoms with van der Waals surface area (Å²) in [6, 6.07) is 7.89. The number of hydrogen-bond acceptors (Lipinski definition) is 3. The van der Waals surface area contributed by atoms with Gasteiger partial charge in [-0.25, -0.2) is 4.99 Å². The van der Waals surface area contributed by atoms with Crippen molar-refractivity contribution in [2.75, 3.05) is 19.0 Å². The highest BCUT2D eigenvalue weighted by Gasteiger charge is 2.53. The molecule has 1 aromatic carbocycles. The fraction of sp³-hybridized carbons (Fsp3) is 0.611. The summed E-state index contributed by atoms with van der Waals surface area (Å²) >= 11 is 0. The highest BCUT2D eigenvalue weighted by Crippen LogP contribution is 2.50. The van der Waals surface area contributed by atoms with Gasteiger partial charge in [0, 0.05) is 12.0 Å². The van der Waals surface area contributed by atoms with Gasteiger partial charge in [0.1, 0.15) is 5.75 Å². The molecule has 1 saturated carbocycles. The second-order valence-electron chi connectivity index (χ2n) is 5.98. The van der Waals surface area contributed by atoms with Crippen LogP contribution in [-0.2, 0) is 4.74 Å². The Hall–Kier alpha value is -1.02. The molecule has 0 bridgehead atoms. The van der Waals surface area contributed by atoms with Gasteiger partial charge in [-0.1, -0.05) is 26.0 Å². The van der Waals surface area contributed by atoms with E-state index in [4.69, 9.17) is 20.2 Å². The lowest BCUT2D eigenvalue weighted by atomic mass is 9.59. The molecule has 0 spiro atoms. The number of methoxy groups -OCH3 is 1. The molecule has 0 heterocycles. The molecule has 0 amide bonds. The fourth-order valence-corrected chi connectivity index (χ4v) is 3.61. The lowest BCUT2D eigenvalue weighted by molar-refractivity contribution is -0.126. The number of aliphatic imine (C=N–C) groups is 1. The molecule has 0 aromatic heterocycles. The normalized spacial score (nSPS) is 22.2. The van der Waals surface area contributed by atoms with Gasteiger partial charge >= 0.3 is 0 Å². The smallest absolute Gasteiger partial charge is 0.193 e. The van der Waals surface area contributed by atoms with Crippen LogP contribution in [-0.4, -0.2) is 31.8 Å². The van der Waals surface area contributed by atoms with Gasteiger partial charge in [-0.3, -0.25) is 0 Å². The van der Waals surface area contributed by atoms with Crippen LogP contribution in [0.25, 0.3) is 0 Å². The molecule has 2 rings (SSSR count). The second-order valence-corrected chi connectivity index (χ2v) is 5.98. The summed E-state index contributed by atoms with van der Waals surface area (Å²) in [6.45, 7) is 7.21. The van der Waals surface area contributed by atoms with E-state index in [2.05, 4.69) is 19.2 Å². The summed E-state index contributed by atoms with van der Waals surface area (Å²) < 4.78 is 11.2. The van der Waals surface area contributed by atoms with Gasteiger partial charge in [0.05, 0.1) is 24.9 Å². The minimum absolute atomic E-state index is 0. The van der Waals surface area contributed by atoms with Crippen molar-refractivity contribution in [2.45, 2.75) is 52.2 Å². The van der Waals surface area contributed by atoms with E-state index in [-0.39, 0.29) is 41.5 Å². The standard InChI is InChI=1S/C18H29N3O2.HI/c1-5-18(6-2)15(12-16(18)23-7-3)21-17(19)20-13-10-8-9-11-14(13)22-4;/h8-11,15-16H,5-7,12H2,1-4H3,(H3,19,20,21);1H. The zero-order valence-electron chi connectivity index (χ0n) is 15.0. The van der Waals surface area contributed by atoms with Crippen molar-refractivity contribution < 1.29 is 9.47 Å². The van der Waals surface area contributed by atoms with Crippen LogP contribution in [0.2, 0.25) is 0 Å². The first kappa shape index (κ1) is 21.0. The molecule has 0 saturated heterocycles. The number of ether oxygens (including phenoxy) is 2. The molecule has 24 heavy (non-hydrogen) atoms. The number of guanidine groups is 1. The molecule has 3 N–H and O–H groups in total. The van der Waals surface area contributed by atoms with E-state index in [1.54, 1.807) is 7.11 Å². The van der Waals surface area contributed by atoms with E-state index >= 15 is 0 Å². The number of nitrogens with one attached hydrogen (secondary N) is 1. The third kappa shape index (κ3) is 4.14. The average molecular weight is 447 g/mol. The highest BCUT2D eigenvalue weighted by molar-refractivity contribution is 14.0. The maximum atomic E-state index is 6.13. The maximum absolute atomic E-state index is 6.13. The number of halogens is 1. The summed E-state index contributed by atoms with van der Waals surface area (Å²) in [7, 11) is 1.64. The van der Waals surface area contributed by atoms with E-state index < -0.39 is 0 Å². The quantitative estimate of drug-likeness (QED) is 0.376. The number of nitrogens with zero attached hydrogens (tertiary/aromatic N) is 1. The van der Waals surface area contributed by atoms with Gasteiger partial charge in [-0.05, 0) is 38.3 Å². The van der Waals surface area contributed by atoms with Crippen LogP contribution in [0.5, 0.6) is 5.75 Å². The van der Waals surface area contributed by atoms with Gasteiger partial charge in [0.25, 0.3) is 0 Å². The van der Waals surface area contributed by atoms with Crippen LogP contribution in [0.3, 0.4) is 0 Å². The van der Waals surface area contributed by atoms with E-state index in [1.807, 2.05) is 31.2 Å². The molecule has 5 nitrogen and oxygen atoms in total. The van der Waals surface area contributed by atoms with E-state index in [1.165, 1.54) is 0 Å². The third-order valence-corrected chi connectivity index (χ3v) is 5.09. The molecular weight excluding hydrogens is 417 g/mol. The van der Waals surface area contributed by atoms with Crippen molar-refractivity contribution in [3.63, 3.8) is 0 Å². The van der Waals surface area contributed by atoms with Gasteiger partial charge in [-0.2, -0.15) is 0 Å². The van der Waals surface area contributed by atoms with Crippen molar-refractivity contribution in [3.05, 3.63) is 24.3 Å². The lowest BCUT2D eigenvalue weighted by Gasteiger charge is -2.53. The Morgan fingerprint density at radius 1 is 1.29 bits per heavy atom. The molecule has 0 radical (unpaired) electrons. The van der Waals surface area contributed by atoms with Crippen LogP contribution in [0, 0.1) is 5.41 Å². The SMILES string of the molecule is CCOC1CC(N=C(N)Nc2ccccc2OC)C1(CC)CC.I. The molecule has 2 unspecified atom stereocenters. The lowest BCUT2D eigenvalue weighted by Crippen LogP contribution is -2.57. The van der Waals surface area contributed by atoms with Crippen molar-refractivity contribution >= 4 is 35.6 Å². The number of hydrogen-bond donors (Lipinski definition) is 2. The van der Waals surface area contributed by atoms with E-state index in [0.29, 0.717) is 5.96 Å². The Balaban J connectivity index is 0.00000288. The Bertz CT molecular complexity index is 547. The molecule has 136 valence electrons. The highest BCUT2D eigenvalue weighted by atomic mass is 127. The molecule has 2 atom stereocenters. The van der Waals surface area contributed by atoms with Crippen LogP contribution in [0.1, 0.15) is 40.0 Å². The van der Waals surface area contributed by atoms with Crippen LogP contribution >= 0.6 is 24.0 Å². The first-order valence-electron chi connectivity index (χ1n) is 8.46. The fourth-order valence-electron chi connectivity index (χ4n) is 3.61. The van der Waals surface area contributed by atoms with Crippen molar-refractivity contribution in [2.24, 2.45) is 16.1 Å². The third-order valence-electron chi connectivity index (χ3n) is 5.09. The van der Waals surface area contributed by atoms with Gasteiger partial charge in [0.2, 0.25) is 0 Å². The molecule has 0 aliphatic heterocycles. The first-order chi connectivity index (χ1) is 11.1. The molecule has 1 aromatic rings. The Labute approximate surface area is 162 Å². The number of benzene rings is 1. The van der Waals surface area contributed by atoms with Gasteiger partial charge in [-0.15, -0.1) is 24.0 Å². The van der Waals surface area contributed by atoms with Crippen molar-refractivity contribution in [1.82, 2.24) is 0 Å². The molecule has 6 heteroatoms. The summed E-state index contributed by atoms with van der Waals surface area (Å²) in [4.78, 5) is 4.73. The summed E-state index contributed by atoms with van der Waals surface area (Å²) in [6.07, 6.45) is 3.31. The predicted molar refractivity (Wildman–Crippen MR) is 110 cm³/mol. The number of para-hydroxylation sites is 2. The average Bonchev–Trinajstić information content (AvgIpc) is 2.55. The molecule has 1 aliphatic carbocycles. The first-order valence-corrected chi connectivity index (χ1v) is 8.46. The number of rotatable bonds is 7. The monoisotopic (exact) mass is 447 g/mol. The largest absolute Gasteiger partial charge is 0.495 e. The van der Waals surface area contributed by atoms with Gasteiger partial charge < -0.3 is 20.5 Å². The topological polar surface area (TPSA) is 68.9 Å². The summed E-state index contributed by atoms with van der Waals surface area (Å²) in [5, 5.41) is 3.16. The van der Waals surface area contributed by atoms with Crippen molar-refractivity contribution in [1.29, 1.82) is 0 Å². The summed E-state index contributed by atoms with van der Waals surface area (Å²) in [5.41, 5.74) is 7.06. The maximum Gasteiger partial charge on any atom is 0.193 e. The number of anilines is 1. The summed E-state index contributed by atoms with van der Waals surface area (Å²) in [5.74, 6) is 1.18. The van der Waals surface area contributed by atoms with Crippen molar-refractivity contribution in [3.8, 4) is 5.75 Å². The predicted octanol–water partition coefficient (Wildman–Crippen LogP) is 4.02. The Morgan fingerprint density at radius 3 is 2.54 bits per heavy atom. The Morgan fingerprint density at radius 2 is 1.96 bits per heavy atom. The van der Waals surface area contributed by atoms with Crippen LogP contribution in [0.4, 0.5) is 5.69 Å². The van der Waals surface area contributed by atoms with Crippen LogP contribution < -0.4 is 15.8 Å². The van der Waals surface area contributed by atoms with E-state index in [9.17, 15) is 0 Å². The second kappa shape index (κ2) is 9.46. The molecule has 1 aliphatic rings. The van der Waals surface area contributed by atoms with Gasteiger partial charge in [0.15, 0.2) is 5.96 Å². The van der Waals surface area contributed by atoms with Crippen LogP contribution in [0.15, 0.2) is 29.3 Å². The van der Waals surface area contributed by atoms with E-state index in [0.717, 1.165) is 37.3 Å². The minimum atomic E-state index is 0. The zero-order chi connectivity index (χ0) is 16.9.